The highest BCUT2D eigenvalue weighted by Crippen LogP contribution is 2.37. The Morgan fingerprint density at radius 2 is 2.00 bits per heavy atom. The van der Waals surface area contributed by atoms with Crippen LogP contribution in [0.5, 0.6) is 5.75 Å². The van der Waals surface area contributed by atoms with E-state index in [2.05, 4.69) is 24.1 Å². The average Bonchev–Trinajstić information content (AvgIpc) is 2.45. The number of pyridine rings is 1. The van der Waals surface area contributed by atoms with E-state index in [1.807, 2.05) is 19.2 Å². The van der Waals surface area contributed by atoms with E-state index in [1.165, 1.54) is 0 Å². The number of hydrogen-bond acceptors (Lipinski definition) is 4. The molecule has 0 fully saturated rings. The van der Waals surface area contributed by atoms with Gasteiger partial charge in [-0.1, -0.05) is 13.8 Å². The van der Waals surface area contributed by atoms with Gasteiger partial charge in [-0.25, -0.2) is 0 Å². The van der Waals surface area contributed by atoms with Crippen molar-refractivity contribution in [2.24, 2.45) is 0 Å². The van der Waals surface area contributed by atoms with Gasteiger partial charge in [-0.3, -0.25) is 4.98 Å². The van der Waals surface area contributed by atoms with Crippen molar-refractivity contribution in [3.63, 3.8) is 0 Å². The molecule has 0 saturated carbocycles. The van der Waals surface area contributed by atoms with Gasteiger partial charge in [0.2, 0.25) is 0 Å². The molecule has 1 unspecified atom stereocenters. The van der Waals surface area contributed by atoms with Gasteiger partial charge in [0.1, 0.15) is 11.4 Å². The minimum atomic E-state index is -0.267. The van der Waals surface area contributed by atoms with E-state index in [9.17, 15) is 0 Å². The van der Waals surface area contributed by atoms with Gasteiger partial charge in [0.15, 0.2) is 0 Å². The van der Waals surface area contributed by atoms with Crippen molar-refractivity contribution >= 4 is 0 Å². The third-order valence-electron chi connectivity index (χ3n) is 3.71. The zero-order chi connectivity index (χ0) is 13.6. The number of methoxy groups -OCH3 is 2. The summed E-state index contributed by atoms with van der Waals surface area (Å²) in [6.07, 6.45) is 3.60. The number of aromatic nitrogens is 1. The van der Waals surface area contributed by atoms with Gasteiger partial charge in [0.25, 0.3) is 0 Å². The smallest absolute Gasteiger partial charge is 0.142 e. The van der Waals surface area contributed by atoms with Crippen LogP contribution in [0, 0.1) is 0 Å². The molecule has 1 aromatic heterocycles. The van der Waals surface area contributed by atoms with E-state index < -0.39 is 0 Å². The molecule has 0 radical (unpaired) electrons. The normalized spacial score (nSPS) is 13.4. The predicted octanol–water partition coefficient (Wildman–Crippen LogP) is 2.56. The summed E-state index contributed by atoms with van der Waals surface area (Å²) >= 11 is 0. The Morgan fingerprint density at radius 3 is 2.44 bits per heavy atom. The van der Waals surface area contributed by atoms with Crippen molar-refractivity contribution in [3.8, 4) is 5.75 Å². The van der Waals surface area contributed by atoms with E-state index in [4.69, 9.17) is 9.47 Å². The zero-order valence-corrected chi connectivity index (χ0v) is 12.0. The molecule has 4 nitrogen and oxygen atoms in total. The van der Waals surface area contributed by atoms with Crippen molar-refractivity contribution in [1.29, 1.82) is 0 Å². The molecule has 102 valence electrons. The number of ether oxygens (including phenoxy) is 2. The Hall–Kier alpha value is -1.13. The van der Waals surface area contributed by atoms with E-state index in [-0.39, 0.29) is 11.6 Å². The van der Waals surface area contributed by atoms with Crippen LogP contribution in [0.4, 0.5) is 0 Å². The maximum Gasteiger partial charge on any atom is 0.142 e. The number of nitrogens with zero attached hydrogens (tertiary/aromatic N) is 1. The Labute approximate surface area is 110 Å². The molecule has 1 heterocycles. The van der Waals surface area contributed by atoms with Crippen molar-refractivity contribution in [3.05, 3.63) is 24.0 Å². The summed E-state index contributed by atoms with van der Waals surface area (Å²) in [5, 5.41) is 3.32. The summed E-state index contributed by atoms with van der Waals surface area (Å²) in [7, 11) is 5.35. The summed E-state index contributed by atoms with van der Waals surface area (Å²) < 4.78 is 11.2. The number of rotatable bonds is 7. The van der Waals surface area contributed by atoms with Gasteiger partial charge in [-0.05, 0) is 32.0 Å². The van der Waals surface area contributed by atoms with Crippen LogP contribution in [-0.2, 0) is 4.74 Å². The van der Waals surface area contributed by atoms with E-state index in [0.717, 1.165) is 24.3 Å². The summed E-state index contributed by atoms with van der Waals surface area (Å²) in [4.78, 5) is 4.46. The fourth-order valence-corrected chi connectivity index (χ4v) is 2.51. The maximum absolute atomic E-state index is 5.79. The first-order valence-corrected chi connectivity index (χ1v) is 6.40. The van der Waals surface area contributed by atoms with Crippen molar-refractivity contribution in [1.82, 2.24) is 10.3 Å². The van der Waals surface area contributed by atoms with Crippen molar-refractivity contribution < 1.29 is 9.47 Å². The molecule has 18 heavy (non-hydrogen) atoms. The van der Waals surface area contributed by atoms with Gasteiger partial charge in [0.05, 0.1) is 18.8 Å². The lowest BCUT2D eigenvalue weighted by Crippen LogP contribution is -2.44. The van der Waals surface area contributed by atoms with Gasteiger partial charge in [-0.15, -0.1) is 0 Å². The fourth-order valence-electron chi connectivity index (χ4n) is 2.51. The third-order valence-corrected chi connectivity index (χ3v) is 3.71. The molecule has 4 heteroatoms. The summed E-state index contributed by atoms with van der Waals surface area (Å²) in [5.41, 5.74) is 0.629. The second kappa shape index (κ2) is 6.71. The minimum absolute atomic E-state index is 0.00801. The molecule has 0 bridgehead atoms. The van der Waals surface area contributed by atoms with E-state index >= 15 is 0 Å². The van der Waals surface area contributed by atoms with Gasteiger partial charge < -0.3 is 14.8 Å². The average molecular weight is 252 g/mol. The van der Waals surface area contributed by atoms with Gasteiger partial charge in [0, 0.05) is 13.3 Å². The second-order valence-electron chi connectivity index (χ2n) is 4.29. The molecule has 0 aliphatic heterocycles. The van der Waals surface area contributed by atoms with Gasteiger partial charge >= 0.3 is 0 Å². The van der Waals surface area contributed by atoms with Crippen LogP contribution in [0.1, 0.15) is 38.4 Å². The Balaban J connectivity index is 3.23. The molecule has 0 aromatic carbocycles. The highest BCUT2D eigenvalue weighted by molar-refractivity contribution is 5.31. The van der Waals surface area contributed by atoms with E-state index in [1.54, 1.807) is 20.4 Å². The molecule has 0 amide bonds. The molecule has 1 aromatic rings. The molecule has 0 aliphatic carbocycles. The highest BCUT2D eigenvalue weighted by atomic mass is 16.5. The number of likely N-dealkylation sites (N-methyl/N-ethyl adjacent to an activating group) is 1. The first-order valence-electron chi connectivity index (χ1n) is 6.40. The lowest BCUT2D eigenvalue weighted by atomic mass is 9.85. The maximum atomic E-state index is 5.79. The lowest BCUT2D eigenvalue weighted by molar-refractivity contribution is -0.0483. The third kappa shape index (κ3) is 2.65. The van der Waals surface area contributed by atoms with Crippen LogP contribution in [0.15, 0.2) is 18.3 Å². The second-order valence-corrected chi connectivity index (χ2v) is 4.29. The van der Waals surface area contributed by atoms with Gasteiger partial charge in [-0.2, -0.15) is 0 Å². The largest absolute Gasteiger partial charge is 0.495 e. The SMILES string of the molecule is CCC(CC)(OC)C(NC)c1ncccc1OC. The monoisotopic (exact) mass is 252 g/mol. The van der Waals surface area contributed by atoms with Crippen LogP contribution >= 0.6 is 0 Å². The lowest BCUT2D eigenvalue weighted by Gasteiger charge is -2.38. The molecule has 0 aliphatic rings. The van der Waals surface area contributed by atoms with Crippen LogP contribution in [-0.4, -0.2) is 31.9 Å². The minimum Gasteiger partial charge on any atom is -0.495 e. The summed E-state index contributed by atoms with van der Waals surface area (Å²) in [5.74, 6) is 0.792. The van der Waals surface area contributed by atoms with Crippen molar-refractivity contribution in [2.45, 2.75) is 38.3 Å². The Bertz CT molecular complexity index is 356. The first-order chi connectivity index (χ1) is 8.68. The molecular formula is C14H24N2O2. The fraction of sp³-hybridized carbons (Fsp3) is 0.643. The molecular weight excluding hydrogens is 228 g/mol. The van der Waals surface area contributed by atoms with Crippen LogP contribution in [0.25, 0.3) is 0 Å². The van der Waals surface area contributed by atoms with Crippen LogP contribution in [0.3, 0.4) is 0 Å². The standard InChI is InChI=1S/C14H24N2O2/c1-6-14(7-2,18-5)13(15-3)12-11(17-4)9-8-10-16-12/h8-10,13,15H,6-7H2,1-5H3. The molecule has 1 rings (SSSR count). The summed E-state index contributed by atoms with van der Waals surface area (Å²) in [6.45, 7) is 4.26. The number of hydrogen-bond donors (Lipinski definition) is 1. The van der Waals surface area contributed by atoms with Crippen LogP contribution in [0.2, 0.25) is 0 Å². The first kappa shape index (κ1) is 14.9. The van der Waals surface area contributed by atoms with Crippen LogP contribution < -0.4 is 10.1 Å². The quantitative estimate of drug-likeness (QED) is 0.810. The highest BCUT2D eigenvalue weighted by Gasteiger charge is 2.38. The molecule has 0 saturated heterocycles. The molecule has 0 spiro atoms. The summed E-state index contributed by atoms with van der Waals surface area (Å²) in [6, 6.07) is 3.81. The predicted molar refractivity (Wildman–Crippen MR) is 72.9 cm³/mol. The molecule has 1 N–H and O–H groups in total. The Morgan fingerprint density at radius 1 is 1.33 bits per heavy atom. The molecule has 1 atom stereocenters. The topological polar surface area (TPSA) is 43.4 Å². The van der Waals surface area contributed by atoms with Crippen molar-refractivity contribution in [2.75, 3.05) is 21.3 Å². The number of nitrogens with one attached hydrogen (secondary N) is 1. The Kier molecular flexibility index (Phi) is 5.56. The zero-order valence-electron chi connectivity index (χ0n) is 12.0. The van der Waals surface area contributed by atoms with E-state index in [0.29, 0.717) is 0 Å².